The first-order chi connectivity index (χ1) is 13.4. The summed E-state index contributed by atoms with van der Waals surface area (Å²) in [4.78, 5) is 27.5. The van der Waals surface area contributed by atoms with Gasteiger partial charge in [-0.2, -0.15) is 0 Å². The molecule has 0 bridgehead atoms. The summed E-state index contributed by atoms with van der Waals surface area (Å²) in [6.07, 6.45) is 1.61. The van der Waals surface area contributed by atoms with Gasteiger partial charge in [-0.1, -0.05) is 18.2 Å². The lowest BCUT2D eigenvalue weighted by Crippen LogP contribution is -2.19. The third-order valence-corrected chi connectivity index (χ3v) is 4.65. The van der Waals surface area contributed by atoms with Crippen LogP contribution in [0.25, 0.3) is 6.08 Å². The van der Waals surface area contributed by atoms with Crippen molar-refractivity contribution in [3.05, 3.63) is 58.5 Å². The van der Waals surface area contributed by atoms with Crippen molar-refractivity contribution in [2.75, 3.05) is 6.61 Å². The number of nitrogens with one attached hydrogen (secondary N) is 1. The Morgan fingerprint density at radius 2 is 2.11 bits per heavy atom. The van der Waals surface area contributed by atoms with Crippen molar-refractivity contribution >= 4 is 40.6 Å². The van der Waals surface area contributed by atoms with Gasteiger partial charge in [0.25, 0.3) is 5.91 Å². The predicted octanol–water partition coefficient (Wildman–Crippen LogP) is 3.45. The van der Waals surface area contributed by atoms with Gasteiger partial charge in [0.2, 0.25) is 0 Å². The first-order valence-electron chi connectivity index (χ1n) is 8.44. The van der Waals surface area contributed by atoms with Crippen LogP contribution in [-0.4, -0.2) is 33.9 Å². The number of thioether (sulfide) groups is 1. The van der Waals surface area contributed by atoms with Crippen LogP contribution >= 0.6 is 11.8 Å². The van der Waals surface area contributed by atoms with Gasteiger partial charge in [0.15, 0.2) is 5.17 Å². The highest BCUT2D eigenvalue weighted by molar-refractivity contribution is 8.18. The molecule has 0 spiro atoms. The van der Waals surface area contributed by atoms with Crippen LogP contribution in [0.2, 0.25) is 0 Å². The highest BCUT2D eigenvalue weighted by Crippen LogP contribution is 2.32. The summed E-state index contributed by atoms with van der Waals surface area (Å²) in [5.41, 5.74) is 2.07. The second-order valence-electron chi connectivity index (χ2n) is 6.04. The number of carboxylic acids is 1. The van der Waals surface area contributed by atoms with Gasteiger partial charge >= 0.3 is 5.97 Å². The van der Waals surface area contributed by atoms with Crippen LogP contribution < -0.4 is 10.1 Å². The van der Waals surface area contributed by atoms with Crippen LogP contribution in [0.5, 0.6) is 11.5 Å². The number of aliphatic imine (C=N–C) groups is 1. The minimum Gasteiger partial charge on any atom is -0.506 e. The zero-order chi connectivity index (χ0) is 20.1. The number of rotatable bonds is 6. The Morgan fingerprint density at radius 3 is 2.89 bits per heavy atom. The Hall–Kier alpha value is -3.26. The molecular formula is C20H18N2O5S. The van der Waals surface area contributed by atoms with Crippen LogP contribution in [0.15, 0.2) is 52.4 Å². The molecule has 0 saturated carbocycles. The molecule has 0 aliphatic carbocycles. The second-order valence-corrected chi connectivity index (χ2v) is 7.07. The number of phenolic OH excluding ortho intramolecular Hbond substituents is 1. The number of hydrogen-bond acceptors (Lipinski definition) is 6. The molecule has 3 rings (SSSR count). The van der Waals surface area contributed by atoms with Crippen molar-refractivity contribution in [2.24, 2.45) is 4.99 Å². The molecule has 1 aliphatic heterocycles. The van der Waals surface area contributed by atoms with E-state index in [-0.39, 0.29) is 24.7 Å². The number of aryl methyl sites for hydroxylation is 1. The number of phenols is 1. The van der Waals surface area contributed by atoms with Crippen LogP contribution in [0.1, 0.15) is 17.5 Å². The van der Waals surface area contributed by atoms with E-state index in [9.17, 15) is 14.7 Å². The monoisotopic (exact) mass is 398 g/mol. The van der Waals surface area contributed by atoms with E-state index in [4.69, 9.17) is 9.84 Å². The van der Waals surface area contributed by atoms with Crippen molar-refractivity contribution in [1.82, 2.24) is 5.32 Å². The molecule has 0 radical (unpaired) electrons. The van der Waals surface area contributed by atoms with E-state index in [2.05, 4.69) is 10.3 Å². The van der Waals surface area contributed by atoms with Crippen LogP contribution in [0.4, 0.5) is 5.69 Å². The second kappa shape index (κ2) is 8.62. The molecular weight excluding hydrogens is 380 g/mol. The van der Waals surface area contributed by atoms with E-state index in [1.807, 2.05) is 13.0 Å². The Kier molecular flexibility index (Phi) is 6.00. The van der Waals surface area contributed by atoms with Crippen LogP contribution in [0, 0.1) is 6.92 Å². The number of carboxylic acid groups (broad SMARTS) is 1. The van der Waals surface area contributed by atoms with Gasteiger partial charge in [0, 0.05) is 0 Å². The Bertz CT molecular complexity index is 984. The summed E-state index contributed by atoms with van der Waals surface area (Å²) in [6.45, 7) is 1.96. The average Bonchev–Trinajstić information content (AvgIpc) is 2.97. The first kappa shape index (κ1) is 19.5. The zero-order valence-electron chi connectivity index (χ0n) is 15.0. The van der Waals surface area contributed by atoms with E-state index in [0.29, 0.717) is 21.5 Å². The number of amides is 1. The highest BCUT2D eigenvalue weighted by atomic mass is 32.2. The normalized spacial score (nSPS) is 16.4. The van der Waals surface area contributed by atoms with Crippen molar-refractivity contribution in [3.8, 4) is 11.5 Å². The van der Waals surface area contributed by atoms with Gasteiger partial charge < -0.3 is 20.3 Å². The molecule has 0 aromatic heterocycles. The Balaban J connectivity index is 1.74. The molecule has 2 aromatic rings. The van der Waals surface area contributed by atoms with E-state index in [0.717, 1.165) is 11.1 Å². The fourth-order valence-corrected chi connectivity index (χ4v) is 3.25. The quantitative estimate of drug-likeness (QED) is 0.643. The Morgan fingerprint density at radius 1 is 1.29 bits per heavy atom. The van der Waals surface area contributed by atoms with Gasteiger partial charge in [0.05, 0.1) is 17.9 Å². The summed E-state index contributed by atoms with van der Waals surface area (Å²) < 4.78 is 5.40. The molecule has 3 N–H and O–H groups in total. The van der Waals surface area contributed by atoms with Gasteiger partial charge in [-0.15, -0.1) is 0 Å². The fourth-order valence-electron chi connectivity index (χ4n) is 2.41. The summed E-state index contributed by atoms with van der Waals surface area (Å²) >= 11 is 1.17. The number of aromatic hydroxyl groups is 1. The number of benzene rings is 2. The number of amidine groups is 1. The van der Waals surface area contributed by atoms with Gasteiger partial charge in [-0.3, -0.25) is 9.59 Å². The summed E-state index contributed by atoms with van der Waals surface area (Å²) in [5, 5.41) is 21.6. The largest absolute Gasteiger partial charge is 0.506 e. The van der Waals surface area contributed by atoms with E-state index < -0.39 is 5.97 Å². The molecule has 1 fully saturated rings. The Labute approximate surface area is 165 Å². The predicted molar refractivity (Wildman–Crippen MR) is 108 cm³/mol. The number of ether oxygens (including phenoxy) is 1. The lowest BCUT2D eigenvalue weighted by Gasteiger charge is -2.05. The molecule has 0 atom stereocenters. The zero-order valence-corrected chi connectivity index (χ0v) is 15.8. The molecule has 144 valence electrons. The van der Waals surface area contributed by atoms with Crippen molar-refractivity contribution < 1.29 is 24.5 Å². The maximum Gasteiger partial charge on any atom is 0.306 e. The molecule has 1 amide bonds. The van der Waals surface area contributed by atoms with Crippen LogP contribution in [-0.2, 0) is 9.59 Å². The third kappa shape index (κ3) is 5.14. The minimum atomic E-state index is -0.927. The summed E-state index contributed by atoms with van der Waals surface area (Å²) in [5.74, 6) is -0.647. The third-order valence-electron chi connectivity index (χ3n) is 3.74. The standard InChI is InChI=1S/C20H18N2O5S/c1-12-5-6-16(23)15(9-12)21-20-22-19(26)17(28-20)11-13-3-2-4-14(10-13)27-8-7-18(24)25/h2-6,9-11,23H,7-8H2,1H3,(H,24,25)(H,21,22,26)/b17-11+. The molecule has 2 aromatic carbocycles. The molecule has 7 nitrogen and oxygen atoms in total. The SMILES string of the molecule is Cc1ccc(O)c(N=C2NC(=O)/C(=C\c3cccc(OCCC(=O)O)c3)S2)c1. The maximum absolute atomic E-state index is 12.2. The topological polar surface area (TPSA) is 108 Å². The van der Waals surface area contributed by atoms with E-state index in [1.54, 1.807) is 42.5 Å². The lowest BCUT2D eigenvalue weighted by atomic mass is 10.2. The van der Waals surface area contributed by atoms with Crippen molar-refractivity contribution in [1.29, 1.82) is 0 Å². The summed E-state index contributed by atoms with van der Waals surface area (Å²) in [7, 11) is 0. The molecule has 1 saturated heterocycles. The maximum atomic E-state index is 12.2. The number of nitrogens with zero attached hydrogens (tertiary/aromatic N) is 1. The van der Waals surface area contributed by atoms with E-state index in [1.165, 1.54) is 11.8 Å². The number of carbonyl (C=O) groups is 2. The number of aliphatic carboxylic acids is 1. The first-order valence-corrected chi connectivity index (χ1v) is 9.26. The molecule has 8 heteroatoms. The van der Waals surface area contributed by atoms with Gasteiger partial charge in [-0.25, -0.2) is 4.99 Å². The number of hydrogen-bond donors (Lipinski definition) is 3. The molecule has 1 aliphatic rings. The molecule has 1 heterocycles. The fraction of sp³-hybridized carbons (Fsp3) is 0.150. The minimum absolute atomic E-state index is 0.0385. The molecule has 28 heavy (non-hydrogen) atoms. The highest BCUT2D eigenvalue weighted by Gasteiger charge is 2.24. The number of carbonyl (C=O) groups excluding carboxylic acids is 1. The van der Waals surface area contributed by atoms with E-state index >= 15 is 0 Å². The summed E-state index contributed by atoms with van der Waals surface area (Å²) in [6, 6.07) is 12.1. The smallest absolute Gasteiger partial charge is 0.306 e. The van der Waals surface area contributed by atoms with Crippen molar-refractivity contribution in [3.63, 3.8) is 0 Å². The lowest BCUT2D eigenvalue weighted by molar-refractivity contribution is -0.137. The molecule has 0 unspecified atom stereocenters. The van der Waals surface area contributed by atoms with Gasteiger partial charge in [-0.05, 0) is 60.2 Å². The van der Waals surface area contributed by atoms with Gasteiger partial charge in [0.1, 0.15) is 17.2 Å². The van der Waals surface area contributed by atoms with Crippen molar-refractivity contribution in [2.45, 2.75) is 13.3 Å². The van der Waals surface area contributed by atoms with Crippen LogP contribution in [0.3, 0.4) is 0 Å². The average molecular weight is 398 g/mol.